The number of aryl methyl sites for hydroxylation is 1. The van der Waals surface area contributed by atoms with Gasteiger partial charge in [-0.1, -0.05) is 0 Å². The quantitative estimate of drug-likeness (QED) is 0.861. The molecular formula is C13H13F4N3. The lowest BCUT2D eigenvalue weighted by Crippen LogP contribution is -2.13. The van der Waals surface area contributed by atoms with E-state index >= 15 is 0 Å². The number of benzene rings is 1. The Kier molecular flexibility index (Phi) is 3.56. The van der Waals surface area contributed by atoms with Gasteiger partial charge in [-0.25, -0.2) is 9.07 Å². The van der Waals surface area contributed by atoms with Gasteiger partial charge in [-0.2, -0.15) is 18.3 Å². The molecule has 2 N–H and O–H groups in total. The van der Waals surface area contributed by atoms with Crippen LogP contribution in [0.15, 0.2) is 24.4 Å². The fraction of sp³-hybridized carbons (Fsp3) is 0.308. The third kappa shape index (κ3) is 2.67. The van der Waals surface area contributed by atoms with Crippen LogP contribution in [0, 0.1) is 12.7 Å². The fourth-order valence-corrected chi connectivity index (χ4v) is 1.85. The second kappa shape index (κ2) is 4.90. The molecule has 1 unspecified atom stereocenters. The number of aromatic nitrogens is 2. The number of alkyl halides is 3. The van der Waals surface area contributed by atoms with E-state index in [1.165, 1.54) is 25.3 Å². The Balaban J connectivity index is 2.57. The van der Waals surface area contributed by atoms with Crippen LogP contribution in [-0.2, 0) is 6.18 Å². The zero-order valence-electron chi connectivity index (χ0n) is 10.9. The van der Waals surface area contributed by atoms with E-state index in [9.17, 15) is 17.6 Å². The average Bonchev–Trinajstić information content (AvgIpc) is 2.80. The molecule has 1 aromatic heterocycles. The van der Waals surface area contributed by atoms with E-state index < -0.39 is 23.7 Å². The van der Waals surface area contributed by atoms with Gasteiger partial charge in [0.25, 0.3) is 0 Å². The largest absolute Gasteiger partial charge is 0.435 e. The molecule has 3 nitrogen and oxygen atoms in total. The van der Waals surface area contributed by atoms with Crippen molar-refractivity contribution in [2.45, 2.75) is 26.1 Å². The summed E-state index contributed by atoms with van der Waals surface area (Å²) in [5.74, 6) is -0.454. The minimum atomic E-state index is -4.52. The predicted octanol–water partition coefficient (Wildman–Crippen LogP) is 3.36. The molecule has 0 fully saturated rings. The van der Waals surface area contributed by atoms with Crippen molar-refractivity contribution in [3.8, 4) is 5.69 Å². The molecule has 0 aliphatic heterocycles. The second-order valence-electron chi connectivity index (χ2n) is 4.59. The summed E-state index contributed by atoms with van der Waals surface area (Å²) >= 11 is 0. The average molecular weight is 287 g/mol. The molecule has 0 amide bonds. The Labute approximate surface area is 113 Å². The first-order chi connectivity index (χ1) is 9.20. The smallest absolute Gasteiger partial charge is 0.324 e. The predicted molar refractivity (Wildman–Crippen MR) is 65.9 cm³/mol. The molecule has 1 atom stereocenters. The van der Waals surface area contributed by atoms with Crippen LogP contribution in [0.25, 0.3) is 5.69 Å². The molecule has 7 heteroatoms. The normalized spacial score (nSPS) is 13.6. The standard InChI is InChI=1S/C13H13F4N3/c1-7-5-11(9(8(2)18)6-10(7)14)20-4-3-12(19-20)13(15,16)17/h3-6,8H,18H2,1-2H3. The van der Waals surface area contributed by atoms with Crippen molar-refractivity contribution in [3.63, 3.8) is 0 Å². The molecule has 1 aromatic carbocycles. The van der Waals surface area contributed by atoms with Gasteiger partial charge in [-0.15, -0.1) is 0 Å². The third-order valence-electron chi connectivity index (χ3n) is 2.92. The zero-order chi connectivity index (χ0) is 15.1. The second-order valence-corrected chi connectivity index (χ2v) is 4.59. The molecule has 0 radical (unpaired) electrons. The van der Waals surface area contributed by atoms with E-state index in [2.05, 4.69) is 5.10 Å². The molecule has 0 aliphatic carbocycles. The van der Waals surface area contributed by atoms with Gasteiger partial charge in [-0.05, 0) is 43.2 Å². The molecule has 0 aliphatic rings. The molecule has 0 saturated heterocycles. The van der Waals surface area contributed by atoms with E-state index in [1.807, 2.05) is 0 Å². The summed E-state index contributed by atoms with van der Waals surface area (Å²) in [5.41, 5.74) is 5.78. The van der Waals surface area contributed by atoms with E-state index in [1.54, 1.807) is 6.92 Å². The summed E-state index contributed by atoms with van der Waals surface area (Å²) in [6, 6.07) is 2.99. The lowest BCUT2D eigenvalue weighted by atomic mass is 10.0. The van der Waals surface area contributed by atoms with Gasteiger partial charge in [0.2, 0.25) is 0 Å². The summed E-state index contributed by atoms with van der Waals surface area (Å²) in [6.07, 6.45) is -3.34. The Morgan fingerprint density at radius 1 is 1.30 bits per heavy atom. The van der Waals surface area contributed by atoms with Crippen molar-refractivity contribution in [1.29, 1.82) is 0 Å². The summed E-state index contributed by atoms with van der Waals surface area (Å²) in [6.45, 7) is 3.15. The van der Waals surface area contributed by atoms with E-state index in [-0.39, 0.29) is 0 Å². The zero-order valence-corrected chi connectivity index (χ0v) is 10.9. The van der Waals surface area contributed by atoms with E-state index in [4.69, 9.17) is 5.73 Å². The number of hydrogen-bond acceptors (Lipinski definition) is 2. The minimum absolute atomic E-state index is 0.313. The fourth-order valence-electron chi connectivity index (χ4n) is 1.85. The van der Waals surface area contributed by atoms with Crippen molar-refractivity contribution in [2.75, 3.05) is 0 Å². The molecule has 108 valence electrons. The highest BCUT2D eigenvalue weighted by Crippen LogP contribution is 2.29. The van der Waals surface area contributed by atoms with Crippen LogP contribution in [0.5, 0.6) is 0 Å². The first-order valence-electron chi connectivity index (χ1n) is 5.89. The third-order valence-corrected chi connectivity index (χ3v) is 2.92. The van der Waals surface area contributed by atoms with E-state index in [0.717, 1.165) is 10.7 Å². The van der Waals surface area contributed by atoms with Gasteiger partial charge >= 0.3 is 6.18 Å². The van der Waals surface area contributed by atoms with Crippen molar-refractivity contribution in [2.24, 2.45) is 5.73 Å². The highest BCUT2D eigenvalue weighted by molar-refractivity contribution is 5.45. The van der Waals surface area contributed by atoms with Crippen LogP contribution in [0.2, 0.25) is 0 Å². The highest BCUT2D eigenvalue weighted by Gasteiger charge is 2.33. The van der Waals surface area contributed by atoms with Crippen molar-refractivity contribution < 1.29 is 17.6 Å². The maximum atomic E-state index is 13.6. The maximum absolute atomic E-state index is 13.6. The molecule has 0 saturated carbocycles. The monoisotopic (exact) mass is 287 g/mol. The van der Waals surface area contributed by atoms with Crippen molar-refractivity contribution >= 4 is 0 Å². The maximum Gasteiger partial charge on any atom is 0.435 e. The number of nitrogens with two attached hydrogens (primary N) is 1. The molecule has 2 aromatic rings. The van der Waals surface area contributed by atoms with Crippen LogP contribution in [-0.4, -0.2) is 9.78 Å². The van der Waals surface area contributed by atoms with Crippen LogP contribution >= 0.6 is 0 Å². The van der Waals surface area contributed by atoms with Gasteiger partial charge in [0.05, 0.1) is 5.69 Å². The molecule has 20 heavy (non-hydrogen) atoms. The van der Waals surface area contributed by atoms with Crippen molar-refractivity contribution in [3.05, 3.63) is 47.0 Å². The molecule has 2 rings (SSSR count). The lowest BCUT2D eigenvalue weighted by molar-refractivity contribution is -0.141. The summed E-state index contributed by atoms with van der Waals surface area (Å²) in [5, 5.41) is 3.48. The number of nitrogens with zero attached hydrogens (tertiary/aromatic N) is 2. The Hall–Kier alpha value is -1.89. The van der Waals surface area contributed by atoms with Crippen LogP contribution in [0.4, 0.5) is 17.6 Å². The summed E-state index contributed by atoms with van der Waals surface area (Å²) in [7, 11) is 0. The first kappa shape index (κ1) is 14.5. The van der Waals surface area contributed by atoms with Crippen LogP contribution in [0.3, 0.4) is 0 Å². The topological polar surface area (TPSA) is 43.8 Å². The van der Waals surface area contributed by atoms with Gasteiger partial charge in [0.15, 0.2) is 5.69 Å². The van der Waals surface area contributed by atoms with Gasteiger partial charge < -0.3 is 5.73 Å². The summed E-state index contributed by atoms with van der Waals surface area (Å²) < 4.78 is 52.3. The minimum Gasteiger partial charge on any atom is -0.324 e. The first-order valence-corrected chi connectivity index (χ1v) is 5.89. The Bertz CT molecular complexity index is 629. The molecule has 1 heterocycles. The lowest BCUT2D eigenvalue weighted by Gasteiger charge is -2.14. The Morgan fingerprint density at radius 2 is 1.95 bits per heavy atom. The van der Waals surface area contributed by atoms with Crippen LogP contribution in [0.1, 0.15) is 29.8 Å². The number of halogens is 4. The van der Waals surface area contributed by atoms with Gasteiger partial charge in [0.1, 0.15) is 5.82 Å². The van der Waals surface area contributed by atoms with Crippen molar-refractivity contribution in [1.82, 2.24) is 9.78 Å². The Morgan fingerprint density at radius 3 is 2.45 bits per heavy atom. The SMILES string of the molecule is Cc1cc(-n2ccc(C(F)(F)F)n2)c(C(C)N)cc1F. The van der Waals surface area contributed by atoms with E-state index in [0.29, 0.717) is 16.8 Å². The van der Waals surface area contributed by atoms with Gasteiger partial charge in [0, 0.05) is 12.2 Å². The molecule has 0 bridgehead atoms. The highest BCUT2D eigenvalue weighted by atomic mass is 19.4. The number of rotatable bonds is 2. The van der Waals surface area contributed by atoms with Gasteiger partial charge in [-0.3, -0.25) is 0 Å². The molecule has 0 spiro atoms. The number of hydrogen-bond donors (Lipinski definition) is 1. The molecular weight excluding hydrogens is 274 g/mol. The van der Waals surface area contributed by atoms with Crippen LogP contribution < -0.4 is 5.73 Å². The summed E-state index contributed by atoms with van der Waals surface area (Å²) in [4.78, 5) is 0.